The molecule has 0 radical (unpaired) electrons. The number of amides is 1. The molecule has 0 spiro atoms. The first kappa shape index (κ1) is 12.9. The maximum absolute atomic E-state index is 11.9. The molecule has 2 fully saturated rings. The van der Waals surface area contributed by atoms with Crippen LogP contribution < -0.4 is 10.6 Å². The Morgan fingerprint density at radius 3 is 2.53 bits per heavy atom. The van der Waals surface area contributed by atoms with Crippen LogP contribution in [-0.4, -0.2) is 25.0 Å². The summed E-state index contributed by atoms with van der Waals surface area (Å²) in [6.07, 6.45) is 8.50. The van der Waals surface area contributed by atoms with Crippen molar-refractivity contribution < 1.29 is 4.79 Å². The molecule has 1 aliphatic carbocycles. The van der Waals surface area contributed by atoms with Crippen LogP contribution >= 0.6 is 0 Å². The Labute approximate surface area is 105 Å². The van der Waals surface area contributed by atoms with Crippen LogP contribution in [0.2, 0.25) is 0 Å². The predicted octanol–water partition coefficient (Wildman–Crippen LogP) is 2.07. The minimum Gasteiger partial charge on any atom is -0.353 e. The van der Waals surface area contributed by atoms with Gasteiger partial charge >= 0.3 is 0 Å². The summed E-state index contributed by atoms with van der Waals surface area (Å²) in [7, 11) is 0. The van der Waals surface area contributed by atoms with Crippen molar-refractivity contribution in [1.29, 1.82) is 0 Å². The molecule has 0 aromatic carbocycles. The summed E-state index contributed by atoms with van der Waals surface area (Å²) >= 11 is 0. The van der Waals surface area contributed by atoms with Gasteiger partial charge in [0, 0.05) is 12.5 Å². The molecule has 1 atom stereocenters. The lowest BCUT2D eigenvalue weighted by molar-refractivity contribution is -0.123. The van der Waals surface area contributed by atoms with Crippen molar-refractivity contribution in [2.45, 2.75) is 57.9 Å². The van der Waals surface area contributed by atoms with E-state index in [4.69, 9.17) is 0 Å². The Hall–Kier alpha value is -0.570. The van der Waals surface area contributed by atoms with Gasteiger partial charge in [-0.2, -0.15) is 0 Å². The van der Waals surface area contributed by atoms with Gasteiger partial charge in [-0.25, -0.2) is 0 Å². The highest BCUT2D eigenvalue weighted by molar-refractivity contribution is 5.76. The smallest absolute Gasteiger partial charge is 0.220 e. The van der Waals surface area contributed by atoms with E-state index in [1.54, 1.807) is 0 Å². The first-order valence-corrected chi connectivity index (χ1v) is 7.29. The molecular formula is C14H26N2O. The van der Waals surface area contributed by atoms with Crippen molar-refractivity contribution in [2.75, 3.05) is 13.1 Å². The van der Waals surface area contributed by atoms with Crippen molar-refractivity contribution in [2.24, 2.45) is 11.8 Å². The van der Waals surface area contributed by atoms with Gasteiger partial charge in [0.25, 0.3) is 0 Å². The first-order valence-electron chi connectivity index (χ1n) is 7.29. The Balaban J connectivity index is 1.74. The highest BCUT2D eigenvalue weighted by Crippen LogP contribution is 2.27. The molecule has 1 aliphatic heterocycles. The van der Waals surface area contributed by atoms with Gasteiger partial charge in [-0.3, -0.25) is 4.79 Å². The van der Waals surface area contributed by atoms with Gasteiger partial charge in [0.1, 0.15) is 0 Å². The fourth-order valence-electron chi connectivity index (χ4n) is 3.11. The maximum atomic E-state index is 11.9. The van der Waals surface area contributed by atoms with Crippen LogP contribution in [0.3, 0.4) is 0 Å². The van der Waals surface area contributed by atoms with Crippen molar-refractivity contribution in [1.82, 2.24) is 10.6 Å². The van der Waals surface area contributed by atoms with Crippen LogP contribution in [0.4, 0.5) is 0 Å². The molecule has 0 bridgehead atoms. The molecule has 1 heterocycles. The van der Waals surface area contributed by atoms with E-state index in [0.29, 0.717) is 12.0 Å². The Morgan fingerprint density at radius 1 is 1.29 bits per heavy atom. The summed E-state index contributed by atoms with van der Waals surface area (Å²) in [5, 5.41) is 6.49. The zero-order chi connectivity index (χ0) is 12.1. The molecule has 1 unspecified atom stereocenters. The summed E-state index contributed by atoms with van der Waals surface area (Å²) < 4.78 is 0. The molecule has 2 rings (SSSR count). The van der Waals surface area contributed by atoms with E-state index < -0.39 is 0 Å². The second-order valence-electron chi connectivity index (χ2n) is 5.71. The minimum absolute atomic E-state index is 0.272. The molecule has 1 amide bonds. The van der Waals surface area contributed by atoms with E-state index in [1.807, 2.05) is 0 Å². The van der Waals surface area contributed by atoms with Gasteiger partial charge in [-0.05, 0) is 44.2 Å². The number of hydrogen-bond donors (Lipinski definition) is 2. The summed E-state index contributed by atoms with van der Waals surface area (Å²) in [5.41, 5.74) is 0. The van der Waals surface area contributed by atoms with Crippen LogP contribution in [0.15, 0.2) is 0 Å². The molecule has 2 aliphatic rings. The van der Waals surface area contributed by atoms with Crippen molar-refractivity contribution in [3.8, 4) is 0 Å². The largest absolute Gasteiger partial charge is 0.353 e. The third-order valence-corrected chi connectivity index (χ3v) is 4.35. The van der Waals surface area contributed by atoms with Gasteiger partial charge in [-0.1, -0.05) is 26.2 Å². The average Bonchev–Trinajstić information content (AvgIpc) is 2.32. The van der Waals surface area contributed by atoms with Crippen LogP contribution in [0.25, 0.3) is 0 Å². The monoisotopic (exact) mass is 238 g/mol. The summed E-state index contributed by atoms with van der Waals surface area (Å²) in [6, 6.07) is 0.427. The van der Waals surface area contributed by atoms with E-state index in [1.165, 1.54) is 32.1 Å². The average molecular weight is 238 g/mol. The van der Waals surface area contributed by atoms with Crippen LogP contribution in [-0.2, 0) is 4.79 Å². The summed E-state index contributed by atoms with van der Waals surface area (Å²) in [4.78, 5) is 11.9. The fraction of sp³-hybridized carbons (Fsp3) is 0.929. The third-order valence-electron chi connectivity index (χ3n) is 4.35. The number of nitrogens with one attached hydrogen (secondary N) is 2. The third kappa shape index (κ3) is 3.70. The molecule has 3 nitrogen and oxygen atoms in total. The summed E-state index contributed by atoms with van der Waals surface area (Å²) in [6.45, 7) is 4.24. The van der Waals surface area contributed by atoms with Gasteiger partial charge in [0.15, 0.2) is 0 Å². The molecule has 98 valence electrons. The van der Waals surface area contributed by atoms with Gasteiger partial charge in [0.2, 0.25) is 5.91 Å². The SMILES string of the molecule is CCC(NC(=O)CC1CNC1)C1CCCCC1. The number of carbonyl (C=O) groups is 1. The lowest BCUT2D eigenvalue weighted by atomic mass is 9.82. The second-order valence-corrected chi connectivity index (χ2v) is 5.71. The number of hydrogen-bond acceptors (Lipinski definition) is 2. The zero-order valence-corrected chi connectivity index (χ0v) is 11.0. The van der Waals surface area contributed by atoms with Gasteiger partial charge in [0.05, 0.1) is 0 Å². The van der Waals surface area contributed by atoms with E-state index >= 15 is 0 Å². The molecule has 1 saturated carbocycles. The van der Waals surface area contributed by atoms with Crippen molar-refractivity contribution in [3.63, 3.8) is 0 Å². The Bertz CT molecular complexity index is 245. The second kappa shape index (κ2) is 6.39. The Kier molecular flexibility index (Phi) is 4.84. The molecule has 0 aromatic rings. The highest BCUT2D eigenvalue weighted by Gasteiger charge is 2.25. The van der Waals surface area contributed by atoms with Crippen molar-refractivity contribution in [3.05, 3.63) is 0 Å². The number of rotatable bonds is 5. The van der Waals surface area contributed by atoms with Crippen molar-refractivity contribution >= 4 is 5.91 Å². The minimum atomic E-state index is 0.272. The fourth-order valence-corrected chi connectivity index (χ4v) is 3.11. The maximum Gasteiger partial charge on any atom is 0.220 e. The predicted molar refractivity (Wildman–Crippen MR) is 69.8 cm³/mol. The van der Waals surface area contributed by atoms with Crippen LogP contribution in [0.1, 0.15) is 51.9 Å². The quantitative estimate of drug-likeness (QED) is 0.770. The lowest BCUT2D eigenvalue weighted by Gasteiger charge is -2.32. The molecule has 17 heavy (non-hydrogen) atoms. The van der Waals surface area contributed by atoms with E-state index in [-0.39, 0.29) is 5.91 Å². The standard InChI is InChI=1S/C14H26N2O/c1-2-13(12-6-4-3-5-7-12)16-14(17)8-11-9-15-10-11/h11-13,15H,2-10H2,1H3,(H,16,17). The van der Waals surface area contributed by atoms with E-state index in [0.717, 1.165) is 31.8 Å². The summed E-state index contributed by atoms with van der Waals surface area (Å²) in [5.74, 6) is 1.59. The molecule has 0 aromatic heterocycles. The van der Waals surface area contributed by atoms with E-state index in [9.17, 15) is 4.79 Å². The van der Waals surface area contributed by atoms with Gasteiger partial charge in [-0.15, -0.1) is 0 Å². The van der Waals surface area contributed by atoms with Crippen LogP contribution in [0, 0.1) is 11.8 Å². The molecule has 2 N–H and O–H groups in total. The Morgan fingerprint density at radius 2 is 2.00 bits per heavy atom. The van der Waals surface area contributed by atoms with Crippen LogP contribution in [0.5, 0.6) is 0 Å². The molecule has 1 saturated heterocycles. The molecule has 3 heteroatoms. The highest BCUT2D eigenvalue weighted by atomic mass is 16.1. The lowest BCUT2D eigenvalue weighted by Crippen LogP contribution is -2.47. The topological polar surface area (TPSA) is 41.1 Å². The van der Waals surface area contributed by atoms with Gasteiger partial charge < -0.3 is 10.6 Å². The molecular weight excluding hydrogens is 212 g/mol. The zero-order valence-electron chi connectivity index (χ0n) is 11.0. The van der Waals surface area contributed by atoms with E-state index in [2.05, 4.69) is 17.6 Å². The first-order chi connectivity index (χ1) is 8.29. The normalized spacial score (nSPS) is 24.1. The number of carbonyl (C=O) groups excluding carboxylic acids is 1.